The summed E-state index contributed by atoms with van der Waals surface area (Å²) in [5.74, 6) is 1.16. The molecule has 2 atom stereocenters. The second kappa shape index (κ2) is 7.06. The van der Waals surface area contributed by atoms with Crippen LogP contribution in [0.2, 0.25) is 0 Å². The zero-order chi connectivity index (χ0) is 20.9. The molecule has 0 unspecified atom stereocenters. The van der Waals surface area contributed by atoms with Crippen LogP contribution in [0, 0.1) is 5.82 Å². The number of hydrogen-bond donors (Lipinski definition) is 1. The zero-order valence-electron chi connectivity index (χ0n) is 16.2. The van der Waals surface area contributed by atoms with E-state index >= 15 is 0 Å². The lowest BCUT2D eigenvalue weighted by atomic mass is 9.84. The van der Waals surface area contributed by atoms with E-state index in [1.165, 1.54) is 18.5 Å². The topological polar surface area (TPSA) is 52.0 Å². The molecule has 0 spiro atoms. The summed E-state index contributed by atoms with van der Waals surface area (Å²) in [4.78, 5) is 4.41. The lowest BCUT2D eigenvalue weighted by Crippen LogP contribution is -2.32. The standard InChI is InChI=1S/C24H16BrFN4O/c25-16-9-5-15(6-10-16)23-20-21(18-3-1-2-4-19(18)31-23)29-24-27-13-28-30(24)22(20)14-7-11-17(26)12-8-14/h1-13,22-23H,(H,27,28,29)/t22-,23-/m1/s1. The third kappa shape index (κ3) is 2.96. The Hall–Kier alpha value is -3.45. The smallest absolute Gasteiger partial charge is 0.226 e. The van der Waals surface area contributed by atoms with Crippen molar-refractivity contribution in [3.8, 4) is 5.75 Å². The van der Waals surface area contributed by atoms with Gasteiger partial charge in [0.2, 0.25) is 5.95 Å². The Morgan fingerprint density at radius 1 is 0.935 bits per heavy atom. The number of rotatable bonds is 2. The van der Waals surface area contributed by atoms with Gasteiger partial charge >= 0.3 is 0 Å². The first-order valence-corrected chi connectivity index (χ1v) is 10.7. The summed E-state index contributed by atoms with van der Waals surface area (Å²) in [7, 11) is 0. The van der Waals surface area contributed by atoms with Crippen LogP contribution in [0.4, 0.5) is 10.3 Å². The predicted octanol–water partition coefficient (Wildman–Crippen LogP) is 5.74. The molecule has 0 aliphatic carbocycles. The molecule has 1 N–H and O–H groups in total. The summed E-state index contributed by atoms with van der Waals surface area (Å²) in [6, 6.07) is 22.3. The van der Waals surface area contributed by atoms with Crippen molar-refractivity contribution < 1.29 is 9.13 Å². The number of anilines is 1. The van der Waals surface area contributed by atoms with E-state index in [0.717, 1.165) is 38.2 Å². The molecule has 3 heterocycles. The Balaban J connectivity index is 1.62. The molecule has 5 nitrogen and oxygen atoms in total. The van der Waals surface area contributed by atoms with E-state index < -0.39 is 0 Å². The fourth-order valence-electron chi connectivity index (χ4n) is 4.30. The highest BCUT2D eigenvalue weighted by atomic mass is 79.9. The number of fused-ring (bicyclic) bond motifs is 3. The number of ether oxygens (including phenoxy) is 1. The Bertz CT molecular complexity index is 1310. The van der Waals surface area contributed by atoms with Crippen molar-refractivity contribution in [2.24, 2.45) is 0 Å². The monoisotopic (exact) mass is 474 g/mol. The molecule has 0 bridgehead atoms. The fourth-order valence-corrected chi connectivity index (χ4v) is 4.56. The summed E-state index contributed by atoms with van der Waals surface area (Å²) < 4.78 is 23.1. The van der Waals surface area contributed by atoms with Crippen molar-refractivity contribution in [3.63, 3.8) is 0 Å². The zero-order valence-corrected chi connectivity index (χ0v) is 17.8. The van der Waals surface area contributed by atoms with E-state index in [1.807, 2.05) is 53.2 Å². The van der Waals surface area contributed by atoms with Crippen molar-refractivity contribution >= 4 is 27.6 Å². The summed E-state index contributed by atoms with van der Waals surface area (Å²) in [5.41, 5.74) is 4.84. The van der Waals surface area contributed by atoms with E-state index in [2.05, 4.69) is 31.3 Å². The van der Waals surface area contributed by atoms with E-state index in [4.69, 9.17) is 4.74 Å². The van der Waals surface area contributed by atoms with Crippen molar-refractivity contribution in [2.45, 2.75) is 12.1 Å². The highest BCUT2D eigenvalue weighted by molar-refractivity contribution is 9.10. The highest BCUT2D eigenvalue weighted by Crippen LogP contribution is 2.50. The molecule has 152 valence electrons. The van der Waals surface area contributed by atoms with Gasteiger partial charge in [-0.05, 0) is 47.5 Å². The second-order valence-corrected chi connectivity index (χ2v) is 8.40. The lowest BCUT2D eigenvalue weighted by Gasteiger charge is -2.39. The van der Waals surface area contributed by atoms with Gasteiger partial charge in [0.1, 0.15) is 30.0 Å². The molecule has 7 heteroatoms. The maximum Gasteiger partial charge on any atom is 0.226 e. The maximum atomic E-state index is 13.7. The van der Waals surface area contributed by atoms with Gasteiger partial charge in [0.15, 0.2) is 0 Å². The quantitative estimate of drug-likeness (QED) is 0.402. The van der Waals surface area contributed by atoms with Gasteiger partial charge in [0, 0.05) is 15.6 Å². The molecular formula is C24H16BrFN4O. The molecular weight excluding hydrogens is 459 g/mol. The normalized spacial score (nSPS) is 19.0. The van der Waals surface area contributed by atoms with E-state index in [1.54, 1.807) is 12.1 Å². The summed E-state index contributed by atoms with van der Waals surface area (Å²) >= 11 is 3.51. The average molecular weight is 475 g/mol. The number of hydrogen-bond acceptors (Lipinski definition) is 4. The second-order valence-electron chi connectivity index (χ2n) is 7.48. The molecule has 2 aliphatic heterocycles. The third-order valence-corrected chi connectivity index (χ3v) is 6.21. The minimum Gasteiger partial charge on any atom is -0.480 e. The molecule has 1 aromatic heterocycles. The van der Waals surface area contributed by atoms with E-state index in [9.17, 15) is 4.39 Å². The van der Waals surface area contributed by atoms with Gasteiger partial charge in [0.25, 0.3) is 0 Å². The molecule has 0 radical (unpaired) electrons. The predicted molar refractivity (Wildman–Crippen MR) is 119 cm³/mol. The summed E-state index contributed by atoms with van der Waals surface area (Å²) in [5, 5.41) is 7.94. The summed E-state index contributed by atoms with van der Waals surface area (Å²) in [6.45, 7) is 0. The number of nitrogens with one attached hydrogen (secondary N) is 1. The SMILES string of the molecule is Fc1ccc([C@@H]2C3=C(Nc4ncnn42)c2ccccc2O[C@@H]3c2ccc(Br)cc2)cc1. The molecule has 6 rings (SSSR count). The Kier molecular flexibility index (Phi) is 4.17. The van der Waals surface area contributed by atoms with Crippen LogP contribution in [-0.4, -0.2) is 14.8 Å². The fraction of sp³-hybridized carbons (Fsp3) is 0.0833. The number of halogens is 2. The average Bonchev–Trinajstić information content (AvgIpc) is 3.27. The Morgan fingerprint density at radius 3 is 2.48 bits per heavy atom. The van der Waals surface area contributed by atoms with Crippen molar-refractivity contribution in [1.82, 2.24) is 14.8 Å². The van der Waals surface area contributed by atoms with Crippen molar-refractivity contribution in [2.75, 3.05) is 5.32 Å². The van der Waals surface area contributed by atoms with Crippen LogP contribution in [0.15, 0.2) is 89.2 Å². The van der Waals surface area contributed by atoms with Crippen molar-refractivity contribution in [1.29, 1.82) is 0 Å². The molecule has 31 heavy (non-hydrogen) atoms. The highest BCUT2D eigenvalue weighted by Gasteiger charge is 2.40. The van der Waals surface area contributed by atoms with Gasteiger partial charge in [-0.25, -0.2) is 9.07 Å². The number of para-hydroxylation sites is 1. The number of nitrogens with zero attached hydrogens (tertiary/aromatic N) is 3. The lowest BCUT2D eigenvalue weighted by molar-refractivity contribution is 0.223. The van der Waals surface area contributed by atoms with Gasteiger partial charge in [0.05, 0.1) is 5.70 Å². The molecule has 4 aromatic rings. The molecule has 3 aromatic carbocycles. The van der Waals surface area contributed by atoms with Crippen LogP contribution in [0.5, 0.6) is 5.75 Å². The molecule has 0 fully saturated rings. The first-order valence-electron chi connectivity index (χ1n) is 9.86. The van der Waals surface area contributed by atoms with E-state index in [-0.39, 0.29) is 18.0 Å². The first-order chi connectivity index (χ1) is 15.2. The van der Waals surface area contributed by atoms with Crippen LogP contribution >= 0.6 is 15.9 Å². The number of benzene rings is 3. The molecule has 0 saturated carbocycles. The van der Waals surface area contributed by atoms with Gasteiger partial charge in [-0.2, -0.15) is 10.1 Å². The van der Waals surface area contributed by atoms with Gasteiger partial charge in [-0.15, -0.1) is 0 Å². The van der Waals surface area contributed by atoms with E-state index in [0.29, 0.717) is 5.95 Å². The van der Waals surface area contributed by atoms with Crippen molar-refractivity contribution in [3.05, 3.63) is 112 Å². The number of aromatic nitrogens is 3. The minimum absolute atomic E-state index is 0.277. The molecule has 2 aliphatic rings. The minimum atomic E-state index is -0.349. The third-order valence-electron chi connectivity index (χ3n) is 5.68. The molecule has 0 amide bonds. The largest absolute Gasteiger partial charge is 0.480 e. The van der Waals surface area contributed by atoms with Crippen LogP contribution in [0.1, 0.15) is 28.8 Å². The van der Waals surface area contributed by atoms with Gasteiger partial charge < -0.3 is 10.1 Å². The van der Waals surface area contributed by atoms with Crippen LogP contribution in [0.3, 0.4) is 0 Å². The Morgan fingerprint density at radius 2 is 1.68 bits per heavy atom. The molecule has 0 saturated heterocycles. The summed E-state index contributed by atoms with van der Waals surface area (Å²) in [6.07, 6.45) is 1.18. The van der Waals surface area contributed by atoms with Gasteiger partial charge in [-0.3, -0.25) is 0 Å². The van der Waals surface area contributed by atoms with Gasteiger partial charge in [-0.1, -0.05) is 52.3 Å². The van der Waals surface area contributed by atoms with Crippen LogP contribution < -0.4 is 10.1 Å². The first kappa shape index (κ1) is 18.3. The van der Waals surface area contributed by atoms with Crippen LogP contribution in [0.25, 0.3) is 5.70 Å². The van der Waals surface area contributed by atoms with Crippen LogP contribution in [-0.2, 0) is 0 Å². The Labute approximate surface area is 186 Å². The maximum absolute atomic E-state index is 13.7.